The number of rotatable bonds is 8. The van der Waals surface area contributed by atoms with E-state index in [9.17, 15) is 18.4 Å². The zero-order valence-electron chi connectivity index (χ0n) is 36.3. The third-order valence-electron chi connectivity index (χ3n) is 11.5. The van der Waals surface area contributed by atoms with Gasteiger partial charge in [0.1, 0.15) is 28.7 Å². The molecule has 2 aliphatic rings. The van der Waals surface area contributed by atoms with Crippen molar-refractivity contribution >= 4 is 33.7 Å². The number of aryl methyl sites for hydroxylation is 2. The van der Waals surface area contributed by atoms with E-state index < -0.39 is 5.97 Å². The van der Waals surface area contributed by atoms with Crippen molar-refractivity contribution in [2.75, 3.05) is 40.4 Å². The molecule has 2 fully saturated rings. The molecule has 4 N–H and O–H groups in total. The van der Waals surface area contributed by atoms with E-state index in [-0.39, 0.29) is 35.2 Å². The normalized spacial score (nSPS) is 19.5. The lowest BCUT2D eigenvalue weighted by atomic mass is 10.0. The summed E-state index contributed by atoms with van der Waals surface area (Å²) >= 11 is 0. The third kappa shape index (κ3) is 11.1. The van der Waals surface area contributed by atoms with Gasteiger partial charge in [0.25, 0.3) is 5.91 Å². The fourth-order valence-electron chi connectivity index (χ4n) is 8.11. The molecule has 0 aliphatic carbocycles. The number of carboxylic acids is 1. The zero-order chi connectivity index (χ0) is 44.0. The Labute approximate surface area is 356 Å². The summed E-state index contributed by atoms with van der Waals surface area (Å²) in [4.78, 5) is 37.5. The second-order valence-electron chi connectivity index (χ2n) is 16.4. The van der Waals surface area contributed by atoms with Gasteiger partial charge in [-0.05, 0) is 101 Å². The van der Waals surface area contributed by atoms with Crippen LogP contribution in [0.2, 0.25) is 0 Å². The molecule has 2 aliphatic heterocycles. The molecule has 4 aromatic carbocycles. The lowest BCUT2D eigenvalue weighted by molar-refractivity contribution is 0.0288. The van der Waals surface area contributed by atoms with E-state index in [1.54, 1.807) is 19.2 Å². The number of benzene rings is 4. The standard InChI is InChI=1S/C24H28FN3O2.C13H19FN2.C11H11NO3/c1-15-9-19-10-21(23(30-4)11-22(19)26-15)24(29)28-13-16(2)27(12-17(28)3)14-18-5-7-20(25)8-6-18;1-10-8-16(11(2)7-15-10)9-12-3-5-13(14)6-4-12;1-6-3-7-4-8(11(13)14)10(15-2)5-9(7)12-6/h5-11,16-17,26H,12-14H2,1-4H3;3-6,10-11,15H,7-9H2,1-2H3;3-5,12H,1-2H3,(H,13,14)/t16-,17+;10-,11+;/m01./s1. The van der Waals surface area contributed by atoms with E-state index in [2.05, 4.69) is 52.8 Å². The highest BCUT2D eigenvalue weighted by Gasteiger charge is 2.34. The molecule has 11 nitrogen and oxygen atoms in total. The molecule has 0 radical (unpaired) electrons. The highest BCUT2D eigenvalue weighted by atomic mass is 19.1. The Morgan fingerprint density at radius 3 is 1.62 bits per heavy atom. The Morgan fingerprint density at radius 1 is 0.656 bits per heavy atom. The lowest BCUT2D eigenvalue weighted by Crippen LogP contribution is -2.57. The summed E-state index contributed by atoms with van der Waals surface area (Å²) in [7, 11) is 3.06. The molecule has 0 saturated carbocycles. The number of carbonyl (C=O) groups is 2. The van der Waals surface area contributed by atoms with Crippen LogP contribution in [0.25, 0.3) is 21.8 Å². The Balaban J connectivity index is 0.000000169. The van der Waals surface area contributed by atoms with Crippen molar-refractivity contribution in [3.05, 3.63) is 130 Å². The smallest absolute Gasteiger partial charge is 0.339 e. The fourth-order valence-corrected chi connectivity index (χ4v) is 8.11. The number of nitrogens with zero attached hydrogens (tertiary/aromatic N) is 3. The molecule has 324 valence electrons. The number of methoxy groups -OCH3 is 2. The minimum atomic E-state index is -0.979. The van der Waals surface area contributed by atoms with Crippen molar-refractivity contribution in [2.45, 2.75) is 78.8 Å². The summed E-state index contributed by atoms with van der Waals surface area (Å²) in [6.45, 7) is 17.7. The van der Waals surface area contributed by atoms with Crippen molar-refractivity contribution in [3.8, 4) is 11.5 Å². The van der Waals surface area contributed by atoms with Crippen LogP contribution in [0.3, 0.4) is 0 Å². The van der Waals surface area contributed by atoms with E-state index in [1.165, 1.54) is 36.9 Å². The molecule has 0 unspecified atom stereocenters. The van der Waals surface area contributed by atoms with E-state index in [0.29, 0.717) is 35.7 Å². The number of aromatic nitrogens is 2. The van der Waals surface area contributed by atoms with Gasteiger partial charge in [-0.3, -0.25) is 14.6 Å². The maximum absolute atomic E-state index is 13.5. The molecule has 0 bridgehead atoms. The van der Waals surface area contributed by atoms with Gasteiger partial charge in [0.2, 0.25) is 0 Å². The van der Waals surface area contributed by atoms with Gasteiger partial charge < -0.3 is 34.8 Å². The molecule has 0 spiro atoms. The quantitative estimate of drug-likeness (QED) is 0.120. The van der Waals surface area contributed by atoms with E-state index in [4.69, 9.17) is 14.6 Å². The number of aromatic amines is 2. The summed E-state index contributed by atoms with van der Waals surface area (Å²) in [5, 5.41) is 14.3. The number of nitrogens with one attached hydrogen (secondary N) is 3. The van der Waals surface area contributed by atoms with Gasteiger partial charge in [-0.1, -0.05) is 24.3 Å². The van der Waals surface area contributed by atoms with Crippen LogP contribution in [-0.2, 0) is 13.1 Å². The molecule has 2 aromatic heterocycles. The first-order valence-corrected chi connectivity index (χ1v) is 20.7. The predicted molar refractivity (Wildman–Crippen MR) is 237 cm³/mol. The van der Waals surface area contributed by atoms with Gasteiger partial charge in [-0.25, -0.2) is 13.6 Å². The molecular formula is C48H58F2N6O5. The molecule has 6 aromatic rings. The Morgan fingerprint density at radius 2 is 1.13 bits per heavy atom. The molecule has 4 heterocycles. The van der Waals surface area contributed by atoms with Crippen LogP contribution in [0.15, 0.2) is 84.9 Å². The van der Waals surface area contributed by atoms with E-state index in [0.717, 1.165) is 71.5 Å². The Bertz CT molecular complexity index is 2430. The van der Waals surface area contributed by atoms with Crippen molar-refractivity contribution in [1.29, 1.82) is 0 Å². The van der Waals surface area contributed by atoms with Crippen molar-refractivity contribution in [2.24, 2.45) is 0 Å². The SMILES string of the molecule is COc1cc2[nH]c(C)cc2cc1C(=O)N1C[C@H](C)N(Cc2ccc(F)cc2)C[C@H]1C.COc1cc2[nH]c(C)cc2cc1C(=O)O.C[C@@H]1CN(Cc2ccc(F)cc2)[C@@H](C)CN1. The van der Waals surface area contributed by atoms with Crippen LogP contribution in [-0.4, -0.2) is 106 Å². The number of hydrogen-bond acceptors (Lipinski definition) is 7. The molecule has 2 saturated heterocycles. The van der Waals surface area contributed by atoms with Crippen LogP contribution in [0.5, 0.6) is 11.5 Å². The molecule has 4 atom stereocenters. The second kappa shape index (κ2) is 19.7. The summed E-state index contributed by atoms with van der Waals surface area (Å²) in [5.74, 6) is -0.412. The number of piperazine rings is 2. The molecular weight excluding hydrogens is 779 g/mol. The Kier molecular flexibility index (Phi) is 14.5. The average molecular weight is 837 g/mol. The highest BCUT2D eigenvalue weighted by Crippen LogP contribution is 2.30. The largest absolute Gasteiger partial charge is 0.496 e. The summed E-state index contributed by atoms with van der Waals surface area (Å²) in [6, 6.07) is 25.8. The maximum Gasteiger partial charge on any atom is 0.339 e. The lowest BCUT2D eigenvalue weighted by Gasteiger charge is -2.44. The number of hydrogen-bond donors (Lipinski definition) is 4. The predicted octanol–water partition coefficient (Wildman–Crippen LogP) is 8.55. The first-order valence-electron chi connectivity index (χ1n) is 20.7. The van der Waals surface area contributed by atoms with Gasteiger partial charge >= 0.3 is 5.97 Å². The van der Waals surface area contributed by atoms with Crippen LogP contribution >= 0.6 is 0 Å². The number of halogens is 2. The minimum Gasteiger partial charge on any atom is -0.496 e. The first-order chi connectivity index (χ1) is 29.1. The molecule has 61 heavy (non-hydrogen) atoms. The second-order valence-corrected chi connectivity index (χ2v) is 16.4. The summed E-state index contributed by atoms with van der Waals surface area (Å²) < 4.78 is 36.5. The van der Waals surface area contributed by atoms with Gasteiger partial charge in [0.15, 0.2) is 0 Å². The van der Waals surface area contributed by atoms with E-state index >= 15 is 0 Å². The minimum absolute atomic E-state index is 0.00612. The fraction of sp³-hybridized carbons (Fsp3) is 0.375. The number of carbonyl (C=O) groups excluding carboxylic acids is 1. The zero-order valence-corrected chi connectivity index (χ0v) is 36.3. The highest BCUT2D eigenvalue weighted by molar-refractivity contribution is 6.01. The Hall–Kier alpha value is -5.76. The monoisotopic (exact) mass is 836 g/mol. The van der Waals surface area contributed by atoms with Crippen molar-refractivity contribution < 1.29 is 33.0 Å². The van der Waals surface area contributed by atoms with Crippen LogP contribution in [0, 0.1) is 25.5 Å². The van der Waals surface area contributed by atoms with Crippen LogP contribution in [0.4, 0.5) is 8.78 Å². The maximum atomic E-state index is 13.5. The van der Waals surface area contributed by atoms with Gasteiger partial charge in [0.05, 0.1) is 19.8 Å². The number of carboxylic acid groups (broad SMARTS) is 1. The topological polar surface area (TPSA) is 126 Å². The first kappa shape index (κ1) is 44.8. The van der Waals surface area contributed by atoms with Crippen molar-refractivity contribution in [3.63, 3.8) is 0 Å². The third-order valence-corrected chi connectivity index (χ3v) is 11.5. The van der Waals surface area contributed by atoms with Gasteiger partial charge in [0, 0.05) is 109 Å². The van der Waals surface area contributed by atoms with Crippen LogP contribution < -0.4 is 14.8 Å². The van der Waals surface area contributed by atoms with Gasteiger partial charge in [-0.15, -0.1) is 0 Å². The van der Waals surface area contributed by atoms with E-state index in [1.807, 2.05) is 67.3 Å². The molecule has 8 rings (SSSR count). The number of aromatic carboxylic acids is 1. The molecule has 13 heteroatoms. The summed E-state index contributed by atoms with van der Waals surface area (Å²) in [5.41, 5.74) is 6.93. The van der Waals surface area contributed by atoms with Crippen molar-refractivity contribution in [1.82, 2.24) is 30.0 Å². The number of amides is 1. The number of fused-ring (bicyclic) bond motifs is 2. The number of H-pyrrole nitrogens is 2. The number of ether oxygens (including phenoxy) is 2. The summed E-state index contributed by atoms with van der Waals surface area (Å²) in [6.07, 6.45) is 0. The average Bonchev–Trinajstić information content (AvgIpc) is 3.80. The van der Waals surface area contributed by atoms with Crippen LogP contribution in [0.1, 0.15) is 70.9 Å². The van der Waals surface area contributed by atoms with Gasteiger partial charge in [-0.2, -0.15) is 0 Å². The molecule has 1 amide bonds.